The maximum Gasteiger partial charge on any atom is 0.234 e. The molecule has 124 valence electrons. The highest BCUT2D eigenvalue weighted by molar-refractivity contribution is 6.27. The molecule has 3 rings (SSSR count). The minimum atomic E-state index is -0.0805. The second-order valence-corrected chi connectivity index (χ2v) is 7.52. The topological polar surface area (TPSA) is 34.0 Å². The number of para-hydroxylation sites is 1. The summed E-state index contributed by atoms with van der Waals surface area (Å²) in [6.07, 6.45) is 1.00. The van der Waals surface area contributed by atoms with Crippen molar-refractivity contribution in [1.29, 1.82) is 0 Å². The van der Waals surface area contributed by atoms with E-state index in [0.29, 0.717) is 18.4 Å². The summed E-state index contributed by atoms with van der Waals surface area (Å²) in [7, 11) is 2.15. The summed E-state index contributed by atoms with van der Waals surface area (Å²) in [6.45, 7) is 7.61. The van der Waals surface area contributed by atoms with Crippen molar-refractivity contribution in [3.63, 3.8) is 0 Å². The van der Waals surface area contributed by atoms with Crippen molar-refractivity contribution >= 4 is 28.4 Å². The zero-order valence-corrected chi connectivity index (χ0v) is 15.1. The molecular weight excluding hydrogens is 308 g/mol. The van der Waals surface area contributed by atoms with Crippen LogP contribution in [0.2, 0.25) is 0 Å². The van der Waals surface area contributed by atoms with E-state index in [4.69, 9.17) is 11.6 Å². The van der Waals surface area contributed by atoms with Gasteiger partial charge in [-0.2, -0.15) is 0 Å². The molecule has 0 unspecified atom stereocenters. The number of hydrogen-bond donors (Lipinski definition) is 1. The number of hydrogen-bond acceptors (Lipinski definition) is 1. The Labute approximate surface area is 143 Å². The average Bonchev–Trinajstić information content (AvgIpc) is 2.97. The zero-order chi connectivity index (χ0) is 16.8. The van der Waals surface area contributed by atoms with E-state index >= 15 is 0 Å². The van der Waals surface area contributed by atoms with E-state index in [-0.39, 0.29) is 17.2 Å². The molecule has 1 aromatic carbocycles. The van der Waals surface area contributed by atoms with Gasteiger partial charge in [-0.1, -0.05) is 32.0 Å². The number of alkyl halides is 1. The summed E-state index contributed by atoms with van der Waals surface area (Å²) in [4.78, 5) is 11.3. The first-order valence-electron chi connectivity index (χ1n) is 8.26. The molecule has 1 N–H and O–H groups in total. The van der Waals surface area contributed by atoms with Crippen LogP contribution in [0.25, 0.3) is 10.9 Å². The Hall–Kier alpha value is -1.48. The maximum absolute atomic E-state index is 11.3. The minimum absolute atomic E-state index is 0.0416. The van der Waals surface area contributed by atoms with Crippen molar-refractivity contribution in [3.05, 3.63) is 35.5 Å². The first kappa shape index (κ1) is 16.4. The van der Waals surface area contributed by atoms with Crippen LogP contribution in [0.15, 0.2) is 24.3 Å². The third kappa shape index (κ3) is 2.65. The monoisotopic (exact) mass is 332 g/mol. The van der Waals surface area contributed by atoms with E-state index in [9.17, 15) is 4.79 Å². The number of benzene rings is 1. The highest BCUT2D eigenvalue weighted by Crippen LogP contribution is 2.67. The molecule has 0 bridgehead atoms. The van der Waals surface area contributed by atoms with Gasteiger partial charge in [-0.15, -0.1) is 11.6 Å². The van der Waals surface area contributed by atoms with E-state index in [2.05, 4.69) is 62.0 Å². The highest BCUT2D eigenvalue weighted by atomic mass is 35.5. The van der Waals surface area contributed by atoms with Gasteiger partial charge < -0.3 is 9.88 Å². The van der Waals surface area contributed by atoms with Gasteiger partial charge >= 0.3 is 0 Å². The van der Waals surface area contributed by atoms with Gasteiger partial charge in [0.25, 0.3) is 0 Å². The van der Waals surface area contributed by atoms with Gasteiger partial charge in [0.1, 0.15) is 5.88 Å². The molecule has 4 heteroatoms. The zero-order valence-electron chi connectivity index (χ0n) is 14.3. The summed E-state index contributed by atoms with van der Waals surface area (Å²) in [5.41, 5.74) is 4.43. The predicted octanol–water partition coefficient (Wildman–Crippen LogP) is 3.97. The number of amides is 1. The fourth-order valence-corrected chi connectivity index (χ4v) is 4.31. The number of nitrogens with one attached hydrogen (secondary N) is 1. The molecule has 0 aliphatic heterocycles. The van der Waals surface area contributed by atoms with Crippen LogP contribution in [0.5, 0.6) is 0 Å². The summed E-state index contributed by atoms with van der Waals surface area (Å²) in [5.74, 6) is 1.12. The third-order valence-electron chi connectivity index (χ3n) is 5.71. The quantitative estimate of drug-likeness (QED) is 0.826. The smallest absolute Gasteiger partial charge is 0.234 e. The summed E-state index contributed by atoms with van der Waals surface area (Å²) in [5, 5.41) is 4.27. The van der Waals surface area contributed by atoms with E-state index in [1.807, 2.05) is 0 Å². The van der Waals surface area contributed by atoms with Gasteiger partial charge in [-0.25, -0.2) is 0 Å². The number of carbonyl (C=O) groups excluding carboxylic acids is 1. The Bertz CT molecular complexity index is 747. The van der Waals surface area contributed by atoms with Crippen molar-refractivity contribution in [2.75, 3.05) is 12.4 Å². The molecule has 1 fully saturated rings. The number of fused-ring (bicyclic) bond motifs is 1. The molecule has 0 saturated heterocycles. The first-order valence-corrected chi connectivity index (χ1v) is 8.79. The van der Waals surface area contributed by atoms with Crippen LogP contribution >= 0.6 is 11.6 Å². The molecule has 1 aliphatic rings. The summed E-state index contributed by atoms with van der Waals surface area (Å²) < 4.78 is 2.30. The number of nitrogens with zero attached hydrogens (tertiary/aromatic N) is 1. The standard InChI is InChI=1S/C19H25ClN2O/c1-12-17(13-7-5-6-8-15(13)22(12)4)18-14(19(18,2)3)9-10-21-16(23)11-20/h5-8,14,18H,9-11H2,1-4H3,(H,21,23)/t14-,18+/m0/s1. The Morgan fingerprint density at radius 1 is 1.35 bits per heavy atom. The van der Waals surface area contributed by atoms with E-state index < -0.39 is 0 Å². The Morgan fingerprint density at radius 3 is 2.74 bits per heavy atom. The molecule has 1 aromatic heterocycles. The van der Waals surface area contributed by atoms with E-state index in [0.717, 1.165) is 6.42 Å². The van der Waals surface area contributed by atoms with Gasteiger partial charge in [0, 0.05) is 30.2 Å². The number of halogens is 1. The van der Waals surface area contributed by atoms with Crippen molar-refractivity contribution in [1.82, 2.24) is 9.88 Å². The van der Waals surface area contributed by atoms with Gasteiger partial charge in [-0.3, -0.25) is 4.79 Å². The van der Waals surface area contributed by atoms with Crippen LogP contribution in [0, 0.1) is 18.3 Å². The van der Waals surface area contributed by atoms with Crippen molar-refractivity contribution in [3.8, 4) is 0 Å². The van der Waals surface area contributed by atoms with Crippen LogP contribution in [0.3, 0.4) is 0 Å². The highest BCUT2D eigenvalue weighted by Gasteiger charge is 2.58. The number of rotatable bonds is 5. The Kier molecular flexibility index (Phi) is 4.18. The second kappa shape index (κ2) is 5.86. The van der Waals surface area contributed by atoms with Crippen LogP contribution < -0.4 is 5.32 Å². The summed E-state index contributed by atoms with van der Waals surface area (Å²) in [6, 6.07) is 8.65. The largest absolute Gasteiger partial charge is 0.355 e. The number of carbonyl (C=O) groups is 1. The molecule has 1 amide bonds. The third-order valence-corrected chi connectivity index (χ3v) is 5.95. The predicted molar refractivity (Wildman–Crippen MR) is 96.0 cm³/mol. The van der Waals surface area contributed by atoms with Crippen molar-refractivity contribution in [2.45, 2.75) is 33.1 Å². The molecule has 1 heterocycles. The Morgan fingerprint density at radius 2 is 2.04 bits per heavy atom. The van der Waals surface area contributed by atoms with Crippen LogP contribution in [-0.2, 0) is 11.8 Å². The minimum Gasteiger partial charge on any atom is -0.355 e. The normalized spacial score (nSPS) is 22.3. The van der Waals surface area contributed by atoms with Gasteiger partial charge in [-0.05, 0) is 42.2 Å². The first-order chi connectivity index (χ1) is 10.9. The SMILES string of the molecule is Cc1c([C@H]2[C@H](CCNC(=O)CCl)C2(C)C)c2ccccc2n1C. The van der Waals surface area contributed by atoms with E-state index in [1.54, 1.807) is 0 Å². The number of aryl methyl sites for hydroxylation is 1. The summed E-state index contributed by atoms with van der Waals surface area (Å²) >= 11 is 5.54. The fraction of sp³-hybridized carbons (Fsp3) is 0.526. The lowest BCUT2D eigenvalue weighted by Crippen LogP contribution is -2.25. The van der Waals surface area contributed by atoms with Gasteiger partial charge in [0.2, 0.25) is 5.91 Å². The van der Waals surface area contributed by atoms with E-state index in [1.165, 1.54) is 22.2 Å². The molecule has 2 aromatic rings. The second-order valence-electron chi connectivity index (χ2n) is 7.25. The van der Waals surface area contributed by atoms with Gasteiger partial charge in [0.05, 0.1) is 0 Å². The maximum atomic E-state index is 11.3. The Balaban J connectivity index is 1.85. The molecule has 0 radical (unpaired) electrons. The molecule has 1 aliphatic carbocycles. The molecule has 1 saturated carbocycles. The van der Waals surface area contributed by atoms with Gasteiger partial charge in [0.15, 0.2) is 0 Å². The van der Waals surface area contributed by atoms with Crippen LogP contribution in [-0.4, -0.2) is 22.9 Å². The van der Waals surface area contributed by atoms with Crippen molar-refractivity contribution < 1.29 is 4.79 Å². The van der Waals surface area contributed by atoms with Crippen molar-refractivity contribution in [2.24, 2.45) is 18.4 Å². The lowest BCUT2D eigenvalue weighted by molar-refractivity contribution is -0.118. The molecule has 0 spiro atoms. The average molecular weight is 333 g/mol. The molecule has 23 heavy (non-hydrogen) atoms. The molecule has 2 atom stereocenters. The lowest BCUT2D eigenvalue weighted by Gasteiger charge is -2.04. The molecular formula is C19H25ClN2O. The fourth-order valence-electron chi connectivity index (χ4n) is 4.21. The lowest BCUT2D eigenvalue weighted by atomic mass is 10.0. The number of aromatic nitrogens is 1. The molecule has 3 nitrogen and oxygen atoms in total. The van der Waals surface area contributed by atoms with Crippen LogP contribution in [0.4, 0.5) is 0 Å². The van der Waals surface area contributed by atoms with Crippen LogP contribution in [0.1, 0.15) is 37.4 Å².